The van der Waals surface area contributed by atoms with Crippen LogP contribution in [-0.4, -0.2) is 24.3 Å². The van der Waals surface area contributed by atoms with E-state index in [0.29, 0.717) is 12.3 Å². The smallest absolute Gasteiger partial charge is 0.333 e. The number of hydrogen-bond donors (Lipinski definition) is 1. The molecule has 1 unspecified atom stereocenters. The van der Waals surface area contributed by atoms with E-state index in [1.165, 1.54) is 12.7 Å². The fraction of sp³-hybridized carbons (Fsp3) is 0.462. The zero-order valence-corrected chi connectivity index (χ0v) is 9.93. The van der Waals surface area contributed by atoms with Gasteiger partial charge < -0.3 is 9.84 Å². The van der Waals surface area contributed by atoms with Crippen molar-refractivity contribution in [2.75, 3.05) is 7.11 Å². The summed E-state index contributed by atoms with van der Waals surface area (Å²) in [7, 11) is 1.43. The average Bonchev–Trinajstić information content (AvgIpc) is 2.25. The number of ether oxygens (including phenoxy) is 1. The molecule has 1 aromatic rings. The first-order valence-corrected chi connectivity index (χ1v) is 5.39. The van der Waals surface area contributed by atoms with Crippen molar-refractivity contribution in [3.8, 4) is 0 Å². The monoisotopic (exact) mass is 222 g/mol. The van der Waals surface area contributed by atoms with Crippen molar-refractivity contribution in [2.45, 2.75) is 32.3 Å². The maximum Gasteiger partial charge on any atom is 0.333 e. The SMILES string of the molecule is COC(Cc1ccccc1C(C)C)C(=O)O. The molecule has 0 aromatic heterocycles. The van der Waals surface area contributed by atoms with Crippen molar-refractivity contribution in [1.82, 2.24) is 0 Å². The lowest BCUT2D eigenvalue weighted by Gasteiger charge is -2.15. The molecule has 0 saturated heterocycles. The minimum atomic E-state index is -0.916. The first-order chi connectivity index (χ1) is 7.56. The number of benzene rings is 1. The molecule has 0 fully saturated rings. The number of rotatable bonds is 5. The molecule has 0 aliphatic heterocycles. The normalized spacial score (nSPS) is 12.8. The molecular weight excluding hydrogens is 204 g/mol. The second-order valence-corrected chi connectivity index (χ2v) is 4.12. The Hall–Kier alpha value is -1.35. The van der Waals surface area contributed by atoms with Crippen molar-refractivity contribution in [1.29, 1.82) is 0 Å². The van der Waals surface area contributed by atoms with Crippen molar-refractivity contribution >= 4 is 5.97 Å². The second kappa shape index (κ2) is 5.66. The molecule has 88 valence electrons. The van der Waals surface area contributed by atoms with Gasteiger partial charge in [-0.1, -0.05) is 38.1 Å². The van der Waals surface area contributed by atoms with Crippen LogP contribution in [-0.2, 0) is 16.0 Å². The zero-order chi connectivity index (χ0) is 12.1. The van der Waals surface area contributed by atoms with Crippen molar-refractivity contribution in [2.24, 2.45) is 0 Å². The minimum Gasteiger partial charge on any atom is -0.479 e. The van der Waals surface area contributed by atoms with Crippen LogP contribution in [0.3, 0.4) is 0 Å². The fourth-order valence-electron chi connectivity index (χ4n) is 1.75. The highest BCUT2D eigenvalue weighted by molar-refractivity contribution is 5.72. The van der Waals surface area contributed by atoms with Crippen molar-refractivity contribution in [3.63, 3.8) is 0 Å². The Labute approximate surface area is 96.1 Å². The lowest BCUT2D eigenvalue weighted by atomic mass is 9.94. The Balaban J connectivity index is 2.91. The van der Waals surface area contributed by atoms with Crippen molar-refractivity contribution in [3.05, 3.63) is 35.4 Å². The van der Waals surface area contributed by atoms with E-state index < -0.39 is 12.1 Å². The molecule has 1 N–H and O–H groups in total. The van der Waals surface area contributed by atoms with Crippen LogP contribution in [0.2, 0.25) is 0 Å². The Morgan fingerprint density at radius 3 is 2.50 bits per heavy atom. The van der Waals surface area contributed by atoms with Crippen LogP contribution in [0.15, 0.2) is 24.3 Å². The summed E-state index contributed by atoms with van der Waals surface area (Å²) in [6, 6.07) is 7.90. The van der Waals surface area contributed by atoms with Gasteiger partial charge in [0.25, 0.3) is 0 Å². The van der Waals surface area contributed by atoms with E-state index in [1.807, 2.05) is 24.3 Å². The van der Waals surface area contributed by atoms with Crippen LogP contribution >= 0.6 is 0 Å². The molecule has 0 aliphatic rings. The summed E-state index contributed by atoms with van der Waals surface area (Å²) >= 11 is 0. The molecule has 3 nitrogen and oxygen atoms in total. The van der Waals surface area contributed by atoms with Gasteiger partial charge >= 0.3 is 5.97 Å². The van der Waals surface area contributed by atoms with Gasteiger partial charge in [0, 0.05) is 13.5 Å². The molecule has 0 heterocycles. The first kappa shape index (κ1) is 12.7. The van der Waals surface area contributed by atoms with Crippen LogP contribution in [0.25, 0.3) is 0 Å². The van der Waals surface area contributed by atoms with Gasteiger partial charge in [-0.3, -0.25) is 0 Å². The number of methoxy groups -OCH3 is 1. The summed E-state index contributed by atoms with van der Waals surface area (Å²) < 4.78 is 4.95. The zero-order valence-electron chi connectivity index (χ0n) is 9.93. The van der Waals surface area contributed by atoms with E-state index >= 15 is 0 Å². The number of carbonyl (C=O) groups is 1. The molecule has 0 saturated carbocycles. The lowest BCUT2D eigenvalue weighted by Crippen LogP contribution is -2.25. The summed E-state index contributed by atoms with van der Waals surface area (Å²) in [6.45, 7) is 4.20. The maximum absolute atomic E-state index is 10.9. The van der Waals surface area contributed by atoms with Gasteiger partial charge in [-0.25, -0.2) is 4.79 Å². The third-order valence-corrected chi connectivity index (χ3v) is 2.64. The number of carboxylic acids is 1. The predicted molar refractivity (Wildman–Crippen MR) is 62.7 cm³/mol. The highest BCUT2D eigenvalue weighted by Gasteiger charge is 2.18. The van der Waals surface area contributed by atoms with Crippen LogP contribution in [0.4, 0.5) is 0 Å². The Morgan fingerprint density at radius 2 is 2.00 bits per heavy atom. The molecule has 16 heavy (non-hydrogen) atoms. The Morgan fingerprint density at radius 1 is 1.38 bits per heavy atom. The molecule has 0 bridgehead atoms. The molecule has 1 aromatic carbocycles. The van der Waals surface area contributed by atoms with Gasteiger partial charge in [0.2, 0.25) is 0 Å². The molecule has 1 rings (SSSR count). The summed E-state index contributed by atoms with van der Waals surface area (Å²) in [5.41, 5.74) is 2.23. The summed E-state index contributed by atoms with van der Waals surface area (Å²) in [5.74, 6) is -0.524. The molecule has 3 heteroatoms. The molecule has 0 amide bonds. The number of hydrogen-bond acceptors (Lipinski definition) is 2. The second-order valence-electron chi connectivity index (χ2n) is 4.12. The average molecular weight is 222 g/mol. The highest BCUT2D eigenvalue weighted by atomic mass is 16.5. The fourth-order valence-corrected chi connectivity index (χ4v) is 1.75. The van der Waals surface area contributed by atoms with Crippen LogP contribution in [0, 0.1) is 0 Å². The lowest BCUT2D eigenvalue weighted by molar-refractivity contribution is -0.148. The maximum atomic E-state index is 10.9. The third kappa shape index (κ3) is 3.07. The quantitative estimate of drug-likeness (QED) is 0.832. The topological polar surface area (TPSA) is 46.5 Å². The van der Waals surface area contributed by atoms with Crippen LogP contribution in [0.1, 0.15) is 30.9 Å². The predicted octanol–water partition coefficient (Wildman–Crippen LogP) is 2.45. The van der Waals surface area contributed by atoms with E-state index in [1.54, 1.807) is 0 Å². The van der Waals surface area contributed by atoms with E-state index in [-0.39, 0.29) is 0 Å². The molecular formula is C13H18O3. The van der Waals surface area contributed by atoms with Gasteiger partial charge in [-0.2, -0.15) is 0 Å². The highest BCUT2D eigenvalue weighted by Crippen LogP contribution is 2.20. The summed E-state index contributed by atoms with van der Waals surface area (Å²) in [4.78, 5) is 10.9. The van der Waals surface area contributed by atoms with Gasteiger partial charge in [-0.15, -0.1) is 0 Å². The third-order valence-electron chi connectivity index (χ3n) is 2.64. The van der Waals surface area contributed by atoms with E-state index in [2.05, 4.69) is 13.8 Å². The first-order valence-electron chi connectivity index (χ1n) is 5.39. The summed E-state index contributed by atoms with van der Waals surface area (Å²) in [5, 5.41) is 8.94. The molecule has 1 atom stereocenters. The Kier molecular flexibility index (Phi) is 4.50. The summed E-state index contributed by atoms with van der Waals surface area (Å²) in [6.07, 6.45) is -0.347. The van der Waals surface area contributed by atoms with Crippen LogP contribution in [0.5, 0.6) is 0 Å². The molecule has 0 spiro atoms. The standard InChI is InChI=1S/C13H18O3/c1-9(2)11-7-5-4-6-10(11)8-12(16-3)13(14)15/h4-7,9,12H,8H2,1-3H3,(H,14,15). The van der Waals surface area contributed by atoms with Gasteiger partial charge in [0.15, 0.2) is 6.10 Å². The van der Waals surface area contributed by atoms with Crippen molar-refractivity contribution < 1.29 is 14.6 Å². The van der Waals surface area contributed by atoms with Gasteiger partial charge in [0.05, 0.1) is 0 Å². The molecule has 0 aliphatic carbocycles. The van der Waals surface area contributed by atoms with Crippen LogP contribution < -0.4 is 0 Å². The van der Waals surface area contributed by atoms with E-state index in [4.69, 9.17) is 9.84 Å². The van der Waals surface area contributed by atoms with Gasteiger partial charge in [-0.05, 0) is 17.0 Å². The van der Waals surface area contributed by atoms with E-state index in [0.717, 1.165) is 5.56 Å². The van der Waals surface area contributed by atoms with Gasteiger partial charge in [0.1, 0.15) is 0 Å². The van der Waals surface area contributed by atoms with E-state index in [9.17, 15) is 4.79 Å². The number of carboxylic acid groups (broad SMARTS) is 1. The molecule has 0 radical (unpaired) electrons. The minimum absolute atomic E-state index is 0.391. The largest absolute Gasteiger partial charge is 0.479 e. The number of aliphatic carboxylic acids is 1. The Bertz CT molecular complexity index is 358.